The van der Waals surface area contributed by atoms with Gasteiger partial charge in [-0.1, -0.05) is 30.3 Å². The van der Waals surface area contributed by atoms with Crippen LogP contribution >= 0.6 is 0 Å². The second-order valence-corrected chi connectivity index (χ2v) is 9.03. The highest BCUT2D eigenvalue weighted by Crippen LogP contribution is 2.29. The van der Waals surface area contributed by atoms with Crippen molar-refractivity contribution in [2.45, 2.75) is 51.9 Å². The van der Waals surface area contributed by atoms with Crippen molar-refractivity contribution in [2.75, 3.05) is 6.54 Å². The van der Waals surface area contributed by atoms with E-state index in [1.165, 1.54) is 9.47 Å². The Balaban J connectivity index is 1.72. The molecule has 0 bridgehead atoms. The zero-order valence-electron chi connectivity index (χ0n) is 18.5. The van der Waals surface area contributed by atoms with Crippen LogP contribution < -0.4 is 5.56 Å². The highest BCUT2D eigenvalue weighted by Gasteiger charge is 2.42. The number of pyridine rings is 1. The van der Waals surface area contributed by atoms with Crippen LogP contribution in [0.2, 0.25) is 0 Å². The molecule has 3 rings (SSSR count). The lowest BCUT2D eigenvalue weighted by molar-refractivity contribution is -0.150. The zero-order chi connectivity index (χ0) is 22.6. The number of carbonyl (C=O) groups is 2. The Morgan fingerprint density at radius 2 is 1.81 bits per heavy atom. The molecule has 31 heavy (non-hydrogen) atoms. The van der Waals surface area contributed by atoms with Crippen molar-refractivity contribution in [3.63, 3.8) is 0 Å². The molecule has 1 aliphatic rings. The van der Waals surface area contributed by atoms with E-state index in [1.54, 1.807) is 40.1 Å². The predicted octanol–water partition coefficient (Wildman–Crippen LogP) is 3.30. The van der Waals surface area contributed by atoms with Crippen molar-refractivity contribution in [3.05, 3.63) is 70.1 Å². The van der Waals surface area contributed by atoms with Crippen LogP contribution in [0.5, 0.6) is 0 Å². The molecule has 1 amide bonds. The second kappa shape index (κ2) is 9.37. The van der Waals surface area contributed by atoms with Gasteiger partial charge >= 0.3 is 12.1 Å². The number of nitrogens with zero attached hydrogens (tertiary/aromatic N) is 2. The lowest BCUT2D eigenvalue weighted by atomic mass is 9.97. The molecule has 2 atom stereocenters. The molecule has 1 aliphatic heterocycles. The maximum absolute atomic E-state index is 12.9. The van der Waals surface area contributed by atoms with Crippen LogP contribution in [0.3, 0.4) is 0 Å². The number of benzene rings is 1. The summed E-state index contributed by atoms with van der Waals surface area (Å²) >= 11 is 0. The van der Waals surface area contributed by atoms with Gasteiger partial charge in [-0.2, -0.15) is 0 Å². The summed E-state index contributed by atoms with van der Waals surface area (Å²) in [5.41, 5.74) is 1.02. The average molecular weight is 427 g/mol. The van der Waals surface area contributed by atoms with E-state index in [2.05, 4.69) is 0 Å². The number of hydrogen-bond acceptors (Lipinski definition) is 5. The third kappa shape index (κ3) is 6.20. The lowest BCUT2D eigenvalue weighted by Gasteiger charge is -2.27. The summed E-state index contributed by atoms with van der Waals surface area (Å²) in [5.74, 6) is -0.421. The summed E-state index contributed by atoms with van der Waals surface area (Å²) in [4.78, 5) is 39.1. The van der Waals surface area contributed by atoms with Crippen LogP contribution in [-0.2, 0) is 34.3 Å². The number of esters is 1. The zero-order valence-corrected chi connectivity index (χ0v) is 18.5. The number of carbonyl (C=O) groups excluding carboxylic acids is 2. The molecule has 0 radical (unpaired) electrons. The SMILES string of the molecule is Cn1ccc(C[C@H]2C[C@H](C(=O)OCc3ccccc3)N(C(=O)OC(C)(C)C)C2)cc1=O. The molecule has 7 heteroatoms. The monoisotopic (exact) mass is 426 g/mol. The Morgan fingerprint density at radius 1 is 1.10 bits per heavy atom. The van der Waals surface area contributed by atoms with Gasteiger partial charge in [0.05, 0.1) is 0 Å². The Kier molecular flexibility index (Phi) is 6.83. The minimum atomic E-state index is -0.713. The minimum absolute atomic E-state index is 0.0221. The molecule has 0 N–H and O–H groups in total. The summed E-state index contributed by atoms with van der Waals surface area (Å²) < 4.78 is 12.5. The second-order valence-electron chi connectivity index (χ2n) is 9.03. The molecule has 166 valence electrons. The van der Waals surface area contributed by atoms with E-state index in [4.69, 9.17) is 9.47 Å². The number of hydrogen-bond donors (Lipinski definition) is 0. The number of aromatic nitrogens is 1. The smallest absolute Gasteiger partial charge is 0.411 e. The van der Waals surface area contributed by atoms with E-state index in [9.17, 15) is 14.4 Å². The summed E-state index contributed by atoms with van der Waals surface area (Å²) in [5, 5.41) is 0. The van der Waals surface area contributed by atoms with Gasteiger partial charge in [0.25, 0.3) is 5.56 Å². The third-order valence-corrected chi connectivity index (χ3v) is 5.20. The molecule has 2 aromatic rings. The fraction of sp³-hybridized carbons (Fsp3) is 0.458. The number of amides is 1. The van der Waals surface area contributed by atoms with Crippen LogP contribution in [0.1, 0.15) is 38.3 Å². The van der Waals surface area contributed by atoms with Gasteiger partial charge in [0.1, 0.15) is 18.2 Å². The van der Waals surface area contributed by atoms with Crippen LogP contribution in [0.15, 0.2) is 53.5 Å². The number of rotatable bonds is 5. The molecule has 2 heterocycles. The van der Waals surface area contributed by atoms with Crippen LogP contribution in [0.25, 0.3) is 0 Å². The summed E-state index contributed by atoms with van der Waals surface area (Å²) in [6.07, 6.45) is 2.25. The maximum atomic E-state index is 12.9. The van der Waals surface area contributed by atoms with Crippen molar-refractivity contribution in [1.82, 2.24) is 9.47 Å². The van der Waals surface area contributed by atoms with Gasteiger partial charge < -0.3 is 14.0 Å². The van der Waals surface area contributed by atoms with Crippen LogP contribution in [-0.4, -0.2) is 39.7 Å². The van der Waals surface area contributed by atoms with Crippen LogP contribution in [0, 0.1) is 5.92 Å². The van der Waals surface area contributed by atoms with Crippen LogP contribution in [0.4, 0.5) is 4.79 Å². The van der Waals surface area contributed by atoms with Gasteiger partial charge in [-0.05, 0) is 56.7 Å². The molecule has 1 aromatic heterocycles. The molecular weight excluding hydrogens is 396 g/mol. The molecular formula is C24H30N2O5. The Hall–Kier alpha value is -3.09. The molecule has 7 nitrogen and oxygen atoms in total. The quantitative estimate of drug-likeness (QED) is 0.686. The van der Waals surface area contributed by atoms with Gasteiger partial charge in [-0.15, -0.1) is 0 Å². The molecule has 0 spiro atoms. The molecule has 1 fully saturated rings. The maximum Gasteiger partial charge on any atom is 0.411 e. The van der Waals surface area contributed by atoms with Gasteiger partial charge in [-0.3, -0.25) is 9.69 Å². The first-order chi connectivity index (χ1) is 14.6. The van der Waals surface area contributed by atoms with Gasteiger partial charge in [0, 0.05) is 25.9 Å². The van der Waals surface area contributed by atoms with E-state index in [0.717, 1.165) is 11.1 Å². The topological polar surface area (TPSA) is 77.8 Å². The molecule has 0 saturated carbocycles. The predicted molar refractivity (Wildman–Crippen MR) is 116 cm³/mol. The highest BCUT2D eigenvalue weighted by molar-refractivity contribution is 5.82. The van der Waals surface area contributed by atoms with Gasteiger partial charge in [0.2, 0.25) is 0 Å². The standard InChI is InChI=1S/C24H30N2O5/c1-24(2,3)31-23(29)26-15-19(12-18-10-11-25(4)21(27)14-18)13-20(26)22(28)30-16-17-8-6-5-7-9-17/h5-11,14,19-20H,12-13,15-16H2,1-4H3/t19-,20+/m0/s1. The van der Waals surface area contributed by atoms with Crippen molar-refractivity contribution < 1.29 is 19.1 Å². The Labute approximate surface area is 182 Å². The van der Waals surface area contributed by atoms with E-state index >= 15 is 0 Å². The summed E-state index contributed by atoms with van der Waals surface area (Å²) in [6, 6.07) is 12.2. The van der Waals surface area contributed by atoms with E-state index in [-0.39, 0.29) is 18.1 Å². The Morgan fingerprint density at radius 3 is 2.45 bits per heavy atom. The highest BCUT2D eigenvalue weighted by atomic mass is 16.6. The van der Waals surface area contributed by atoms with Crippen molar-refractivity contribution >= 4 is 12.1 Å². The third-order valence-electron chi connectivity index (χ3n) is 5.20. The average Bonchev–Trinajstić information content (AvgIpc) is 3.12. The number of aryl methyl sites for hydroxylation is 1. The van der Waals surface area contributed by atoms with Gasteiger partial charge in [-0.25, -0.2) is 9.59 Å². The lowest BCUT2D eigenvalue weighted by Crippen LogP contribution is -2.44. The molecule has 1 aromatic carbocycles. The van der Waals surface area contributed by atoms with E-state index in [1.807, 2.05) is 36.4 Å². The van der Waals surface area contributed by atoms with E-state index < -0.39 is 23.7 Å². The first kappa shape index (κ1) is 22.6. The molecule has 1 saturated heterocycles. The fourth-order valence-corrected chi connectivity index (χ4v) is 3.69. The van der Waals surface area contributed by atoms with Gasteiger partial charge in [0.15, 0.2) is 0 Å². The number of likely N-dealkylation sites (tertiary alicyclic amines) is 1. The molecule has 0 unspecified atom stereocenters. The largest absolute Gasteiger partial charge is 0.459 e. The molecule has 0 aliphatic carbocycles. The fourth-order valence-electron chi connectivity index (χ4n) is 3.69. The van der Waals surface area contributed by atoms with Crippen molar-refractivity contribution in [2.24, 2.45) is 13.0 Å². The first-order valence-corrected chi connectivity index (χ1v) is 10.5. The number of ether oxygens (including phenoxy) is 2. The summed E-state index contributed by atoms with van der Waals surface area (Å²) in [6.45, 7) is 5.90. The Bertz CT molecular complexity index is 977. The summed E-state index contributed by atoms with van der Waals surface area (Å²) in [7, 11) is 1.70. The van der Waals surface area contributed by atoms with E-state index in [0.29, 0.717) is 19.4 Å². The minimum Gasteiger partial charge on any atom is -0.459 e. The first-order valence-electron chi connectivity index (χ1n) is 10.5. The van der Waals surface area contributed by atoms with Crippen molar-refractivity contribution in [3.8, 4) is 0 Å². The normalized spacial score (nSPS) is 18.6. The van der Waals surface area contributed by atoms with Crippen molar-refractivity contribution in [1.29, 1.82) is 0 Å².